The Morgan fingerprint density at radius 1 is 1.27 bits per heavy atom. The summed E-state index contributed by atoms with van der Waals surface area (Å²) in [7, 11) is 1.54. The summed E-state index contributed by atoms with van der Waals surface area (Å²) in [5.74, 6) is -3.05. The molecular formula is C10H12F3NO. The number of hydrogen-bond donors (Lipinski definition) is 1. The molecule has 0 heterocycles. The Bertz CT molecular complexity index is 331. The van der Waals surface area contributed by atoms with E-state index in [0.717, 1.165) is 6.07 Å². The van der Waals surface area contributed by atoms with Crippen molar-refractivity contribution in [3.63, 3.8) is 0 Å². The van der Waals surface area contributed by atoms with E-state index in [1.807, 2.05) is 0 Å². The van der Waals surface area contributed by atoms with Crippen molar-refractivity contribution >= 4 is 5.69 Å². The molecule has 1 rings (SSSR count). The van der Waals surface area contributed by atoms with Gasteiger partial charge in [-0.05, 0) is 6.42 Å². The van der Waals surface area contributed by atoms with Crippen LogP contribution in [0, 0.1) is 17.5 Å². The van der Waals surface area contributed by atoms with Crippen molar-refractivity contribution < 1.29 is 17.9 Å². The molecule has 0 unspecified atom stereocenters. The standard InChI is InChI=1S/C10H12F3NO/c1-15-4-2-3-14-9-6-7(11)5-8(12)10(9)13/h5-6,14H,2-4H2,1H3. The average molecular weight is 219 g/mol. The molecule has 0 spiro atoms. The minimum atomic E-state index is -1.19. The van der Waals surface area contributed by atoms with Gasteiger partial charge in [0.05, 0.1) is 5.69 Å². The summed E-state index contributed by atoms with van der Waals surface area (Å²) in [6.07, 6.45) is 0.633. The van der Waals surface area contributed by atoms with Crippen LogP contribution in [-0.4, -0.2) is 20.3 Å². The lowest BCUT2D eigenvalue weighted by Gasteiger charge is -2.07. The van der Waals surface area contributed by atoms with Gasteiger partial charge in [0.15, 0.2) is 11.6 Å². The summed E-state index contributed by atoms with van der Waals surface area (Å²) in [5.41, 5.74) is -0.163. The number of rotatable bonds is 5. The second kappa shape index (κ2) is 5.60. The number of halogens is 3. The number of hydrogen-bond acceptors (Lipinski definition) is 2. The highest BCUT2D eigenvalue weighted by Gasteiger charge is 2.09. The lowest BCUT2D eigenvalue weighted by molar-refractivity contribution is 0.197. The number of anilines is 1. The summed E-state index contributed by atoms with van der Waals surface area (Å²) in [5, 5.41) is 2.59. The zero-order chi connectivity index (χ0) is 11.3. The Morgan fingerprint density at radius 3 is 2.67 bits per heavy atom. The molecule has 84 valence electrons. The maximum absolute atomic E-state index is 13.1. The first-order valence-electron chi connectivity index (χ1n) is 4.52. The smallest absolute Gasteiger partial charge is 0.182 e. The minimum absolute atomic E-state index is 0.163. The topological polar surface area (TPSA) is 21.3 Å². The van der Waals surface area contributed by atoms with Crippen LogP contribution in [0.4, 0.5) is 18.9 Å². The van der Waals surface area contributed by atoms with Gasteiger partial charge in [-0.15, -0.1) is 0 Å². The van der Waals surface area contributed by atoms with Gasteiger partial charge < -0.3 is 10.1 Å². The molecule has 0 aromatic heterocycles. The van der Waals surface area contributed by atoms with Gasteiger partial charge in [0.1, 0.15) is 5.82 Å². The highest BCUT2D eigenvalue weighted by Crippen LogP contribution is 2.18. The summed E-state index contributed by atoms with van der Waals surface area (Å²) >= 11 is 0. The Kier molecular flexibility index (Phi) is 4.42. The number of ether oxygens (including phenoxy) is 1. The molecule has 0 bridgehead atoms. The van der Waals surface area contributed by atoms with Gasteiger partial charge in [-0.25, -0.2) is 13.2 Å². The molecule has 0 saturated heterocycles. The van der Waals surface area contributed by atoms with Gasteiger partial charge >= 0.3 is 0 Å². The second-order valence-corrected chi connectivity index (χ2v) is 3.02. The number of benzene rings is 1. The summed E-state index contributed by atoms with van der Waals surface area (Å²) < 4.78 is 43.3. The number of methoxy groups -OCH3 is 1. The van der Waals surface area contributed by atoms with E-state index in [2.05, 4.69) is 5.32 Å². The first kappa shape index (κ1) is 11.8. The fourth-order valence-corrected chi connectivity index (χ4v) is 1.12. The first-order valence-corrected chi connectivity index (χ1v) is 4.52. The summed E-state index contributed by atoms with van der Waals surface area (Å²) in [6, 6.07) is 1.43. The van der Waals surface area contributed by atoms with E-state index in [0.29, 0.717) is 25.6 Å². The predicted molar refractivity (Wildman–Crippen MR) is 51.3 cm³/mol. The van der Waals surface area contributed by atoms with Crippen molar-refractivity contribution in [2.24, 2.45) is 0 Å². The lowest BCUT2D eigenvalue weighted by atomic mass is 10.2. The van der Waals surface area contributed by atoms with E-state index in [1.165, 1.54) is 0 Å². The van der Waals surface area contributed by atoms with Crippen LogP contribution in [0.1, 0.15) is 6.42 Å². The molecule has 0 radical (unpaired) electrons. The van der Waals surface area contributed by atoms with Crippen molar-refractivity contribution in [3.05, 3.63) is 29.6 Å². The van der Waals surface area contributed by atoms with Crippen molar-refractivity contribution in [2.45, 2.75) is 6.42 Å². The molecule has 1 aromatic carbocycles. The molecule has 0 fully saturated rings. The molecule has 1 N–H and O–H groups in total. The van der Waals surface area contributed by atoms with Crippen molar-refractivity contribution in [1.82, 2.24) is 0 Å². The normalized spacial score (nSPS) is 10.4. The molecule has 0 aliphatic heterocycles. The van der Waals surface area contributed by atoms with Crippen LogP contribution in [0.15, 0.2) is 12.1 Å². The molecule has 0 saturated carbocycles. The zero-order valence-electron chi connectivity index (χ0n) is 8.32. The lowest BCUT2D eigenvalue weighted by Crippen LogP contribution is -2.07. The maximum Gasteiger partial charge on any atom is 0.182 e. The first-order chi connectivity index (χ1) is 7.15. The third-order valence-electron chi connectivity index (χ3n) is 1.83. The Morgan fingerprint density at radius 2 is 2.00 bits per heavy atom. The van der Waals surface area contributed by atoms with Crippen LogP contribution in [0.3, 0.4) is 0 Å². The highest BCUT2D eigenvalue weighted by molar-refractivity contribution is 5.45. The van der Waals surface area contributed by atoms with Crippen LogP contribution >= 0.6 is 0 Å². The van der Waals surface area contributed by atoms with Gasteiger partial charge in [0.2, 0.25) is 0 Å². The van der Waals surface area contributed by atoms with E-state index in [4.69, 9.17) is 4.74 Å². The Hall–Kier alpha value is -1.23. The SMILES string of the molecule is COCCCNc1cc(F)cc(F)c1F. The van der Waals surface area contributed by atoms with Crippen LogP contribution in [0.5, 0.6) is 0 Å². The van der Waals surface area contributed by atoms with Crippen LogP contribution in [0.2, 0.25) is 0 Å². The molecule has 0 aliphatic carbocycles. The Labute approximate surface area is 86.1 Å². The van der Waals surface area contributed by atoms with Crippen molar-refractivity contribution in [3.8, 4) is 0 Å². The molecule has 15 heavy (non-hydrogen) atoms. The van der Waals surface area contributed by atoms with Gasteiger partial charge in [0.25, 0.3) is 0 Å². The van der Waals surface area contributed by atoms with Gasteiger partial charge in [-0.3, -0.25) is 0 Å². The maximum atomic E-state index is 13.1. The van der Waals surface area contributed by atoms with Gasteiger partial charge in [0, 0.05) is 32.4 Å². The quantitative estimate of drug-likeness (QED) is 0.607. The van der Waals surface area contributed by atoms with Crippen molar-refractivity contribution in [2.75, 3.05) is 25.6 Å². The molecule has 0 atom stereocenters. The number of nitrogens with one attached hydrogen (secondary N) is 1. The Balaban J connectivity index is 2.60. The van der Waals surface area contributed by atoms with Crippen LogP contribution in [0.25, 0.3) is 0 Å². The van der Waals surface area contributed by atoms with E-state index >= 15 is 0 Å². The molecule has 5 heteroatoms. The fourth-order valence-electron chi connectivity index (χ4n) is 1.12. The molecular weight excluding hydrogens is 207 g/mol. The van der Waals surface area contributed by atoms with Gasteiger partial charge in [-0.2, -0.15) is 0 Å². The minimum Gasteiger partial charge on any atom is -0.385 e. The monoisotopic (exact) mass is 219 g/mol. The van der Waals surface area contributed by atoms with E-state index in [-0.39, 0.29) is 5.69 Å². The van der Waals surface area contributed by atoms with Gasteiger partial charge in [-0.1, -0.05) is 0 Å². The summed E-state index contributed by atoms with van der Waals surface area (Å²) in [4.78, 5) is 0. The molecule has 0 amide bonds. The van der Waals surface area contributed by atoms with E-state index in [9.17, 15) is 13.2 Å². The third-order valence-corrected chi connectivity index (χ3v) is 1.83. The zero-order valence-corrected chi connectivity index (χ0v) is 8.32. The summed E-state index contributed by atoms with van der Waals surface area (Å²) in [6.45, 7) is 0.903. The van der Waals surface area contributed by atoms with E-state index < -0.39 is 17.5 Å². The molecule has 0 aliphatic rings. The predicted octanol–water partition coefficient (Wildman–Crippen LogP) is 2.55. The fraction of sp³-hybridized carbons (Fsp3) is 0.400. The second-order valence-electron chi connectivity index (χ2n) is 3.02. The van der Waals surface area contributed by atoms with E-state index in [1.54, 1.807) is 7.11 Å². The van der Waals surface area contributed by atoms with Crippen LogP contribution in [-0.2, 0) is 4.74 Å². The van der Waals surface area contributed by atoms with Crippen LogP contribution < -0.4 is 5.32 Å². The third kappa shape index (κ3) is 3.43. The molecule has 2 nitrogen and oxygen atoms in total. The largest absolute Gasteiger partial charge is 0.385 e. The highest BCUT2D eigenvalue weighted by atomic mass is 19.2. The van der Waals surface area contributed by atoms with Crippen molar-refractivity contribution in [1.29, 1.82) is 0 Å². The average Bonchev–Trinajstić information content (AvgIpc) is 2.19. The molecule has 1 aromatic rings.